The van der Waals surface area contributed by atoms with Crippen LogP contribution in [-0.2, 0) is 14.3 Å². The molecule has 0 aromatic rings. The second kappa shape index (κ2) is 7.03. The summed E-state index contributed by atoms with van der Waals surface area (Å²) in [7, 11) is 0. The predicted molar refractivity (Wildman–Crippen MR) is 66.8 cm³/mol. The molecule has 0 saturated carbocycles. The molecule has 4 N–H and O–H groups in total. The SMILES string of the molecule is CCC(CC)(CC)OC(=O)C(Cl)(Cl)C(=O)O.N. The van der Waals surface area contributed by atoms with Gasteiger partial charge in [0.2, 0.25) is 0 Å². The molecule has 0 atom stereocenters. The molecule has 17 heavy (non-hydrogen) atoms. The Bertz CT molecular complexity index is 269. The third-order valence-corrected chi connectivity index (χ3v) is 3.40. The Kier molecular flexibility index (Phi) is 7.79. The Morgan fingerprint density at radius 1 is 1.12 bits per heavy atom. The van der Waals surface area contributed by atoms with Crippen molar-refractivity contribution in [2.24, 2.45) is 0 Å². The van der Waals surface area contributed by atoms with Gasteiger partial charge in [0.25, 0.3) is 0 Å². The van der Waals surface area contributed by atoms with Gasteiger partial charge in [0.1, 0.15) is 5.60 Å². The summed E-state index contributed by atoms with van der Waals surface area (Å²) in [6.07, 6.45) is 1.74. The van der Waals surface area contributed by atoms with Crippen LogP contribution in [0.2, 0.25) is 0 Å². The van der Waals surface area contributed by atoms with Gasteiger partial charge in [0, 0.05) is 0 Å². The molecular formula is C10H19Cl2NO4. The lowest BCUT2D eigenvalue weighted by atomic mass is 9.94. The van der Waals surface area contributed by atoms with Crippen LogP contribution in [0.3, 0.4) is 0 Å². The van der Waals surface area contributed by atoms with Gasteiger partial charge in [-0.25, -0.2) is 9.59 Å². The molecule has 0 radical (unpaired) electrons. The van der Waals surface area contributed by atoms with Crippen molar-refractivity contribution in [2.45, 2.75) is 50.0 Å². The summed E-state index contributed by atoms with van der Waals surface area (Å²) >= 11 is 10.8. The number of hydrogen-bond acceptors (Lipinski definition) is 4. The smallest absolute Gasteiger partial charge is 0.355 e. The summed E-state index contributed by atoms with van der Waals surface area (Å²) < 4.78 is 2.59. The van der Waals surface area contributed by atoms with Crippen LogP contribution in [0.4, 0.5) is 0 Å². The van der Waals surface area contributed by atoms with Crippen LogP contribution in [0.25, 0.3) is 0 Å². The first-order valence-corrected chi connectivity index (χ1v) is 5.86. The van der Waals surface area contributed by atoms with E-state index in [1.54, 1.807) is 0 Å². The zero-order chi connectivity index (χ0) is 13.0. The van der Waals surface area contributed by atoms with E-state index in [4.69, 9.17) is 33.0 Å². The largest absolute Gasteiger partial charge is 0.479 e. The molecule has 0 aliphatic rings. The molecule has 0 aliphatic heterocycles. The van der Waals surface area contributed by atoms with Gasteiger partial charge >= 0.3 is 16.3 Å². The van der Waals surface area contributed by atoms with Crippen molar-refractivity contribution in [1.82, 2.24) is 6.15 Å². The van der Waals surface area contributed by atoms with Gasteiger partial charge in [-0.15, -0.1) is 0 Å². The number of carbonyl (C=O) groups excluding carboxylic acids is 1. The number of rotatable bonds is 6. The molecule has 102 valence electrons. The Balaban J connectivity index is 0. The molecule has 7 heteroatoms. The van der Waals surface area contributed by atoms with Gasteiger partial charge < -0.3 is 16.0 Å². The fourth-order valence-corrected chi connectivity index (χ4v) is 1.39. The third kappa shape index (κ3) is 4.33. The van der Waals surface area contributed by atoms with Gasteiger partial charge in [-0.1, -0.05) is 44.0 Å². The van der Waals surface area contributed by atoms with Gasteiger partial charge in [-0.05, 0) is 19.3 Å². The molecule has 0 heterocycles. The number of halogens is 2. The van der Waals surface area contributed by atoms with Crippen molar-refractivity contribution >= 4 is 35.1 Å². The average molecular weight is 288 g/mol. The third-order valence-electron chi connectivity index (χ3n) is 2.77. The lowest BCUT2D eigenvalue weighted by molar-refractivity contribution is -0.166. The number of hydrogen-bond donors (Lipinski definition) is 2. The molecule has 0 aliphatic carbocycles. The van der Waals surface area contributed by atoms with Gasteiger partial charge in [0.05, 0.1) is 0 Å². The Hall–Kier alpha value is -0.520. The molecule has 0 saturated heterocycles. The second-order valence-electron chi connectivity index (χ2n) is 3.51. The zero-order valence-corrected chi connectivity index (χ0v) is 11.8. The van der Waals surface area contributed by atoms with E-state index in [9.17, 15) is 9.59 Å². The number of esters is 1. The Labute approximate surface area is 111 Å². The zero-order valence-electron chi connectivity index (χ0n) is 10.3. The molecule has 0 fully saturated rings. The molecule has 0 unspecified atom stereocenters. The first-order valence-electron chi connectivity index (χ1n) is 5.10. The highest BCUT2D eigenvalue weighted by Gasteiger charge is 2.47. The maximum absolute atomic E-state index is 11.5. The minimum atomic E-state index is -2.54. The lowest BCUT2D eigenvalue weighted by Crippen LogP contribution is -2.43. The van der Waals surface area contributed by atoms with Crippen LogP contribution in [0.1, 0.15) is 40.0 Å². The highest BCUT2D eigenvalue weighted by atomic mass is 35.5. The average Bonchev–Trinajstić information content (AvgIpc) is 2.25. The molecule has 0 aromatic heterocycles. The highest BCUT2D eigenvalue weighted by Crippen LogP contribution is 2.30. The van der Waals surface area contributed by atoms with Gasteiger partial charge in [0.15, 0.2) is 0 Å². The standard InChI is InChI=1S/C10H16Cl2O4.H3N/c1-4-9(5-2,6-3)16-8(15)10(11,12)7(13)14;/h4-6H2,1-3H3,(H,13,14);1H3. The summed E-state index contributed by atoms with van der Waals surface area (Å²) in [6, 6.07) is 0. The maximum atomic E-state index is 11.5. The normalized spacial score (nSPS) is 11.6. The van der Waals surface area contributed by atoms with Crippen LogP contribution >= 0.6 is 23.2 Å². The lowest BCUT2D eigenvalue weighted by Gasteiger charge is -2.31. The van der Waals surface area contributed by atoms with Gasteiger partial charge in [-0.2, -0.15) is 0 Å². The summed E-state index contributed by atoms with van der Waals surface area (Å²) in [4.78, 5) is 22.2. The van der Waals surface area contributed by atoms with Crippen LogP contribution in [0, 0.1) is 0 Å². The van der Waals surface area contributed by atoms with Crippen molar-refractivity contribution in [3.8, 4) is 0 Å². The van der Waals surface area contributed by atoms with E-state index < -0.39 is 21.9 Å². The fourth-order valence-electron chi connectivity index (χ4n) is 1.31. The number of ether oxygens (including phenoxy) is 1. The topological polar surface area (TPSA) is 98.6 Å². The first kappa shape index (κ1) is 18.8. The number of carboxylic acids is 1. The summed E-state index contributed by atoms with van der Waals surface area (Å²) in [5, 5.41) is 8.66. The Morgan fingerprint density at radius 2 is 1.47 bits per heavy atom. The fraction of sp³-hybridized carbons (Fsp3) is 0.800. The van der Waals surface area contributed by atoms with E-state index >= 15 is 0 Å². The molecule has 0 spiro atoms. The molecule has 0 bridgehead atoms. The number of carbonyl (C=O) groups is 2. The van der Waals surface area contributed by atoms with Crippen LogP contribution in [0.15, 0.2) is 0 Å². The van der Waals surface area contributed by atoms with E-state index in [0.717, 1.165) is 0 Å². The summed E-state index contributed by atoms with van der Waals surface area (Å²) in [6.45, 7) is 5.56. The minimum absolute atomic E-state index is 0. The van der Waals surface area contributed by atoms with E-state index in [1.165, 1.54) is 0 Å². The minimum Gasteiger partial charge on any atom is -0.479 e. The molecule has 5 nitrogen and oxygen atoms in total. The Morgan fingerprint density at radius 3 is 1.71 bits per heavy atom. The van der Waals surface area contributed by atoms with Crippen molar-refractivity contribution < 1.29 is 19.4 Å². The van der Waals surface area contributed by atoms with Crippen molar-refractivity contribution in [1.29, 1.82) is 0 Å². The highest BCUT2D eigenvalue weighted by molar-refractivity contribution is 6.66. The van der Waals surface area contributed by atoms with Crippen LogP contribution < -0.4 is 6.15 Å². The van der Waals surface area contributed by atoms with E-state index in [1.807, 2.05) is 20.8 Å². The van der Waals surface area contributed by atoms with Crippen LogP contribution in [0.5, 0.6) is 0 Å². The molecular weight excluding hydrogens is 269 g/mol. The van der Waals surface area contributed by atoms with Crippen LogP contribution in [-0.4, -0.2) is 27.0 Å². The van der Waals surface area contributed by atoms with E-state index in [0.29, 0.717) is 19.3 Å². The van der Waals surface area contributed by atoms with Crippen molar-refractivity contribution in [3.05, 3.63) is 0 Å². The maximum Gasteiger partial charge on any atom is 0.355 e. The number of carboxylic acid groups (broad SMARTS) is 1. The summed E-state index contributed by atoms with van der Waals surface area (Å²) in [5.41, 5.74) is -0.693. The molecule has 0 aromatic carbocycles. The van der Waals surface area contributed by atoms with Crippen molar-refractivity contribution in [3.63, 3.8) is 0 Å². The first-order chi connectivity index (χ1) is 7.25. The second-order valence-corrected chi connectivity index (χ2v) is 4.84. The van der Waals surface area contributed by atoms with Gasteiger partial charge in [-0.3, -0.25) is 0 Å². The quantitative estimate of drug-likeness (QED) is 0.445. The van der Waals surface area contributed by atoms with E-state index in [2.05, 4.69) is 0 Å². The number of alkyl halides is 2. The van der Waals surface area contributed by atoms with Crippen molar-refractivity contribution in [2.75, 3.05) is 0 Å². The molecule has 0 rings (SSSR count). The molecule has 0 amide bonds. The van der Waals surface area contributed by atoms with E-state index in [-0.39, 0.29) is 6.15 Å². The predicted octanol–water partition coefficient (Wildman–Crippen LogP) is 2.92. The number of aliphatic carboxylic acids is 1. The monoisotopic (exact) mass is 287 g/mol. The summed E-state index contributed by atoms with van der Waals surface area (Å²) in [5.74, 6) is -2.76.